The van der Waals surface area contributed by atoms with E-state index in [9.17, 15) is 4.39 Å². The van der Waals surface area contributed by atoms with E-state index in [4.69, 9.17) is 12.2 Å². The number of hydrogen-bond acceptors (Lipinski definition) is 1. The number of hydrogen-bond donors (Lipinski definition) is 1. The molecule has 1 aromatic carbocycles. The van der Waals surface area contributed by atoms with Crippen molar-refractivity contribution in [2.45, 2.75) is 0 Å². The molecule has 58 valence electrons. The van der Waals surface area contributed by atoms with Gasteiger partial charge in [0.25, 0.3) is 0 Å². The highest BCUT2D eigenvalue weighted by molar-refractivity contribution is 7.80. The molecule has 0 spiro atoms. The number of benzene rings is 1. The molecule has 0 fully saturated rings. The van der Waals surface area contributed by atoms with Crippen molar-refractivity contribution in [1.29, 1.82) is 0 Å². The molecule has 1 aromatic rings. The minimum absolute atomic E-state index is 0.243. The van der Waals surface area contributed by atoms with Gasteiger partial charge in [0.1, 0.15) is 10.8 Å². The third-order valence-electron chi connectivity index (χ3n) is 1.33. The van der Waals surface area contributed by atoms with Gasteiger partial charge in [-0.05, 0) is 24.3 Å². The van der Waals surface area contributed by atoms with Gasteiger partial charge >= 0.3 is 0 Å². The lowest BCUT2D eigenvalue weighted by Crippen LogP contribution is -2.16. The summed E-state index contributed by atoms with van der Waals surface area (Å²) in [5.74, 6) is -0.243. The van der Waals surface area contributed by atoms with E-state index in [2.05, 4.69) is 5.32 Å². The molecular weight excluding hydrogens is 161 g/mol. The van der Waals surface area contributed by atoms with Gasteiger partial charge in [-0.25, -0.2) is 4.39 Å². The van der Waals surface area contributed by atoms with E-state index in [-0.39, 0.29) is 5.82 Å². The molecule has 0 heterocycles. The van der Waals surface area contributed by atoms with Crippen molar-refractivity contribution in [1.82, 2.24) is 5.32 Å². The Morgan fingerprint density at radius 3 is 2.36 bits per heavy atom. The lowest BCUT2D eigenvalue weighted by atomic mass is 10.2. The van der Waals surface area contributed by atoms with Crippen molar-refractivity contribution in [3.63, 3.8) is 0 Å². The van der Waals surface area contributed by atoms with Gasteiger partial charge in [-0.3, -0.25) is 0 Å². The molecule has 0 aliphatic heterocycles. The van der Waals surface area contributed by atoms with Crippen LogP contribution in [-0.2, 0) is 0 Å². The third kappa shape index (κ3) is 1.98. The fourth-order valence-corrected chi connectivity index (χ4v) is 0.882. The van der Waals surface area contributed by atoms with Crippen LogP contribution in [0.25, 0.3) is 0 Å². The topological polar surface area (TPSA) is 12.0 Å². The Morgan fingerprint density at radius 1 is 1.36 bits per heavy atom. The third-order valence-corrected chi connectivity index (χ3v) is 1.77. The van der Waals surface area contributed by atoms with Crippen LogP contribution in [0.3, 0.4) is 0 Å². The number of halogens is 1. The fraction of sp³-hybridized carbons (Fsp3) is 0.125. The van der Waals surface area contributed by atoms with Crippen molar-refractivity contribution in [3.05, 3.63) is 35.6 Å². The largest absolute Gasteiger partial charge is 0.379 e. The van der Waals surface area contributed by atoms with E-state index in [1.54, 1.807) is 19.2 Å². The van der Waals surface area contributed by atoms with Gasteiger partial charge in [-0.15, -0.1) is 0 Å². The van der Waals surface area contributed by atoms with Crippen LogP contribution in [0.1, 0.15) is 5.56 Å². The van der Waals surface area contributed by atoms with Gasteiger partial charge in [-0.2, -0.15) is 0 Å². The van der Waals surface area contributed by atoms with E-state index in [0.717, 1.165) is 5.56 Å². The Kier molecular flexibility index (Phi) is 2.54. The Labute approximate surface area is 70.2 Å². The highest BCUT2D eigenvalue weighted by Crippen LogP contribution is 2.02. The van der Waals surface area contributed by atoms with E-state index in [0.29, 0.717) is 4.99 Å². The molecule has 0 atom stereocenters. The van der Waals surface area contributed by atoms with E-state index >= 15 is 0 Å². The van der Waals surface area contributed by atoms with Crippen LogP contribution in [0.2, 0.25) is 0 Å². The SMILES string of the molecule is CNC(=S)c1ccc(F)cc1. The monoisotopic (exact) mass is 169 g/mol. The molecule has 0 aromatic heterocycles. The normalized spacial score (nSPS) is 9.27. The van der Waals surface area contributed by atoms with Crippen molar-refractivity contribution in [2.24, 2.45) is 0 Å². The average molecular weight is 169 g/mol. The molecule has 1 rings (SSSR count). The quantitative estimate of drug-likeness (QED) is 0.642. The summed E-state index contributed by atoms with van der Waals surface area (Å²) in [4.78, 5) is 0.630. The number of rotatable bonds is 1. The smallest absolute Gasteiger partial charge is 0.123 e. The maximum atomic E-state index is 12.4. The standard InChI is InChI=1S/C8H8FNS/c1-10-8(11)6-2-4-7(9)5-3-6/h2-5H,1H3,(H,10,11). The second-order valence-electron chi connectivity index (χ2n) is 2.09. The minimum Gasteiger partial charge on any atom is -0.379 e. The zero-order valence-corrected chi connectivity index (χ0v) is 6.91. The van der Waals surface area contributed by atoms with E-state index in [1.165, 1.54) is 12.1 Å². The van der Waals surface area contributed by atoms with Crippen LogP contribution in [0.15, 0.2) is 24.3 Å². The van der Waals surface area contributed by atoms with Gasteiger partial charge in [-0.1, -0.05) is 12.2 Å². The summed E-state index contributed by atoms with van der Waals surface area (Å²) in [6, 6.07) is 6.07. The second kappa shape index (κ2) is 3.44. The molecule has 3 heteroatoms. The van der Waals surface area contributed by atoms with Crippen molar-refractivity contribution in [3.8, 4) is 0 Å². The lowest BCUT2D eigenvalue weighted by molar-refractivity contribution is 0.628. The maximum absolute atomic E-state index is 12.4. The molecule has 0 amide bonds. The zero-order chi connectivity index (χ0) is 8.27. The van der Waals surface area contributed by atoms with Gasteiger partial charge in [0, 0.05) is 12.6 Å². The average Bonchev–Trinajstić information content (AvgIpc) is 2.05. The molecule has 1 nitrogen and oxygen atoms in total. The van der Waals surface area contributed by atoms with E-state index in [1.807, 2.05) is 0 Å². The molecule has 11 heavy (non-hydrogen) atoms. The molecule has 0 saturated carbocycles. The molecular formula is C8H8FNS. The Bertz CT molecular complexity index is 255. The van der Waals surface area contributed by atoms with Gasteiger partial charge < -0.3 is 5.32 Å². The molecule has 0 radical (unpaired) electrons. The first-order valence-corrected chi connectivity index (χ1v) is 3.62. The zero-order valence-electron chi connectivity index (χ0n) is 6.10. The summed E-state index contributed by atoms with van der Waals surface area (Å²) in [6.07, 6.45) is 0. The van der Waals surface area contributed by atoms with Crippen molar-refractivity contribution < 1.29 is 4.39 Å². The number of nitrogens with one attached hydrogen (secondary N) is 1. The minimum atomic E-state index is -0.243. The van der Waals surface area contributed by atoms with Crippen molar-refractivity contribution >= 4 is 17.2 Å². The molecule has 1 N–H and O–H groups in total. The Balaban J connectivity index is 2.90. The van der Waals surface area contributed by atoms with Crippen LogP contribution in [-0.4, -0.2) is 12.0 Å². The van der Waals surface area contributed by atoms with Crippen LogP contribution >= 0.6 is 12.2 Å². The van der Waals surface area contributed by atoms with Gasteiger partial charge in [0.2, 0.25) is 0 Å². The summed E-state index contributed by atoms with van der Waals surface area (Å²) >= 11 is 4.93. The molecule has 0 aliphatic rings. The van der Waals surface area contributed by atoms with E-state index < -0.39 is 0 Å². The molecule has 0 saturated heterocycles. The Hall–Kier alpha value is -0.960. The first-order chi connectivity index (χ1) is 5.24. The number of thiocarbonyl (C=S) groups is 1. The molecule has 0 aliphatic carbocycles. The van der Waals surface area contributed by atoms with Gasteiger partial charge in [0.05, 0.1) is 0 Å². The summed E-state index contributed by atoms with van der Waals surface area (Å²) in [6.45, 7) is 0. The van der Waals surface area contributed by atoms with Crippen LogP contribution in [0, 0.1) is 5.82 Å². The summed E-state index contributed by atoms with van der Waals surface area (Å²) < 4.78 is 12.4. The highest BCUT2D eigenvalue weighted by atomic mass is 32.1. The highest BCUT2D eigenvalue weighted by Gasteiger charge is 1.96. The predicted octanol–water partition coefficient (Wildman–Crippen LogP) is 1.72. The predicted molar refractivity (Wildman–Crippen MR) is 47.2 cm³/mol. The fourth-order valence-electron chi connectivity index (χ4n) is 0.746. The summed E-state index contributed by atoms with van der Waals surface area (Å²) in [7, 11) is 1.74. The Morgan fingerprint density at radius 2 is 1.91 bits per heavy atom. The second-order valence-corrected chi connectivity index (χ2v) is 2.49. The first-order valence-electron chi connectivity index (χ1n) is 3.21. The van der Waals surface area contributed by atoms with Crippen molar-refractivity contribution in [2.75, 3.05) is 7.05 Å². The summed E-state index contributed by atoms with van der Waals surface area (Å²) in [5, 5.41) is 2.81. The van der Waals surface area contributed by atoms with Gasteiger partial charge in [0.15, 0.2) is 0 Å². The first kappa shape index (κ1) is 8.14. The molecule has 0 unspecified atom stereocenters. The lowest BCUT2D eigenvalue weighted by Gasteiger charge is -2.00. The van der Waals surface area contributed by atoms with Crippen LogP contribution in [0.5, 0.6) is 0 Å². The molecule has 0 bridgehead atoms. The van der Waals surface area contributed by atoms with Crippen LogP contribution in [0.4, 0.5) is 4.39 Å². The maximum Gasteiger partial charge on any atom is 0.123 e. The summed E-state index contributed by atoms with van der Waals surface area (Å²) in [5.41, 5.74) is 0.837. The van der Waals surface area contributed by atoms with Crippen LogP contribution < -0.4 is 5.32 Å².